The molecule has 20 heavy (non-hydrogen) atoms. The summed E-state index contributed by atoms with van der Waals surface area (Å²) in [5.41, 5.74) is 4.55. The number of aryl methyl sites for hydroxylation is 2. The lowest BCUT2D eigenvalue weighted by Gasteiger charge is -1.89. The van der Waals surface area contributed by atoms with Crippen LogP contribution < -0.4 is 0 Å². The first-order valence-electron chi connectivity index (χ1n) is 6.53. The highest BCUT2D eigenvalue weighted by Crippen LogP contribution is 2.13. The van der Waals surface area contributed by atoms with Gasteiger partial charge in [0.15, 0.2) is 0 Å². The van der Waals surface area contributed by atoms with Crippen LogP contribution in [0.2, 0.25) is 0 Å². The Balaban J connectivity index is 0.000000121. The van der Waals surface area contributed by atoms with Crippen molar-refractivity contribution in [2.24, 2.45) is 0 Å². The molecule has 0 aliphatic rings. The molecular weight excluding hydrogens is 248 g/mol. The van der Waals surface area contributed by atoms with Gasteiger partial charge in [-0.25, -0.2) is 0 Å². The van der Waals surface area contributed by atoms with Gasteiger partial charge in [0.1, 0.15) is 0 Å². The largest absolute Gasteiger partial charge is 0.282 e. The van der Waals surface area contributed by atoms with Gasteiger partial charge in [-0.1, -0.05) is 30.3 Å². The van der Waals surface area contributed by atoms with Gasteiger partial charge < -0.3 is 0 Å². The Bertz CT molecular complexity index is 842. The number of hydrogen-bond acceptors (Lipinski definition) is 2. The van der Waals surface area contributed by atoms with Crippen molar-refractivity contribution in [1.82, 2.24) is 20.4 Å². The number of para-hydroxylation sites is 1. The molecule has 2 N–H and O–H groups in total. The summed E-state index contributed by atoms with van der Waals surface area (Å²) in [6.45, 7) is 4.09. The van der Waals surface area contributed by atoms with Crippen LogP contribution in [0.1, 0.15) is 11.3 Å². The third-order valence-electron chi connectivity index (χ3n) is 3.25. The van der Waals surface area contributed by atoms with Crippen molar-refractivity contribution >= 4 is 21.8 Å². The van der Waals surface area contributed by atoms with Crippen LogP contribution in [0.25, 0.3) is 21.8 Å². The molecule has 4 nitrogen and oxygen atoms in total. The average Bonchev–Trinajstić information content (AvgIpc) is 3.07. The molecule has 4 rings (SSSR count). The van der Waals surface area contributed by atoms with Crippen LogP contribution in [0, 0.1) is 13.8 Å². The van der Waals surface area contributed by atoms with E-state index in [1.165, 1.54) is 16.3 Å². The molecule has 0 aliphatic carbocycles. The molecule has 2 aromatic carbocycles. The highest BCUT2D eigenvalue weighted by Gasteiger charge is 1.96. The van der Waals surface area contributed by atoms with E-state index in [0.717, 1.165) is 16.7 Å². The van der Waals surface area contributed by atoms with E-state index in [1.54, 1.807) is 0 Å². The minimum absolute atomic E-state index is 1.04. The molecule has 2 heterocycles. The van der Waals surface area contributed by atoms with Gasteiger partial charge in [-0.2, -0.15) is 10.2 Å². The SMILES string of the molecule is Cc1[nH]nc2ccccc12.Cc1ccc2cn[nH]c2c1. The molecule has 0 amide bonds. The van der Waals surface area contributed by atoms with Crippen LogP contribution in [0.15, 0.2) is 48.7 Å². The highest BCUT2D eigenvalue weighted by atomic mass is 15.1. The number of aromatic nitrogens is 4. The fourth-order valence-corrected chi connectivity index (χ4v) is 2.14. The van der Waals surface area contributed by atoms with Gasteiger partial charge >= 0.3 is 0 Å². The molecule has 4 heteroatoms. The van der Waals surface area contributed by atoms with Gasteiger partial charge in [0, 0.05) is 16.5 Å². The molecule has 0 aliphatic heterocycles. The molecule has 0 bridgehead atoms. The summed E-state index contributed by atoms with van der Waals surface area (Å²) in [7, 11) is 0. The maximum Gasteiger partial charge on any atom is 0.0923 e. The summed E-state index contributed by atoms with van der Waals surface area (Å²) in [4.78, 5) is 0. The first kappa shape index (κ1) is 12.4. The lowest BCUT2D eigenvalue weighted by atomic mass is 10.2. The van der Waals surface area contributed by atoms with Crippen LogP contribution in [0.4, 0.5) is 0 Å². The van der Waals surface area contributed by atoms with Gasteiger partial charge in [0.05, 0.1) is 17.2 Å². The molecule has 0 spiro atoms. The number of nitrogens with zero attached hydrogens (tertiary/aromatic N) is 2. The molecule has 4 aromatic rings. The Labute approximate surface area is 116 Å². The van der Waals surface area contributed by atoms with Crippen LogP contribution in [0.3, 0.4) is 0 Å². The van der Waals surface area contributed by atoms with Gasteiger partial charge in [-0.15, -0.1) is 0 Å². The van der Waals surface area contributed by atoms with E-state index in [4.69, 9.17) is 0 Å². The monoisotopic (exact) mass is 264 g/mol. The zero-order valence-corrected chi connectivity index (χ0v) is 11.5. The number of nitrogens with one attached hydrogen (secondary N) is 2. The smallest absolute Gasteiger partial charge is 0.0923 e. The van der Waals surface area contributed by atoms with E-state index < -0.39 is 0 Å². The maximum atomic E-state index is 4.09. The summed E-state index contributed by atoms with van der Waals surface area (Å²) in [6, 6.07) is 14.3. The molecule has 0 saturated carbocycles. The van der Waals surface area contributed by atoms with Gasteiger partial charge in [-0.05, 0) is 31.5 Å². The van der Waals surface area contributed by atoms with E-state index >= 15 is 0 Å². The minimum Gasteiger partial charge on any atom is -0.282 e. The van der Waals surface area contributed by atoms with Crippen LogP contribution in [0.5, 0.6) is 0 Å². The molecule has 100 valence electrons. The standard InChI is InChI=1S/2C8H8N2/c1-6-2-3-7-5-9-10-8(7)4-6;1-6-7-4-2-3-5-8(7)10-9-6/h2*2-5H,1H3,(H,9,10). The normalized spacial score (nSPS) is 10.5. The quantitative estimate of drug-likeness (QED) is 0.508. The second-order valence-corrected chi connectivity index (χ2v) is 4.83. The van der Waals surface area contributed by atoms with Crippen molar-refractivity contribution < 1.29 is 0 Å². The number of H-pyrrole nitrogens is 2. The van der Waals surface area contributed by atoms with Crippen molar-refractivity contribution in [1.29, 1.82) is 0 Å². The Morgan fingerprint density at radius 1 is 0.950 bits per heavy atom. The Morgan fingerprint density at radius 3 is 2.65 bits per heavy atom. The summed E-state index contributed by atoms with van der Waals surface area (Å²) in [5.74, 6) is 0. The predicted octanol–water partition coefficient (Wildman–Crippen LogP) is 3.74. The lowest BCUT2D eigenvalue weighted by molar-refractivity contribution is 1.07. The highest BCUT2D eigenvalue weighted by molar-refractivity contribution is 5.80. The van der Waals surface area contributed by atoms with Crippen molar-refractivity contribution in [2.75, 3.05) is 0 Å². The zero-order valence-electron chi connectivity index (χ0n) is 11.5. The van der Waals surface area contributed by atoms with Gasteiger partial charge in [0.2, 0.25) is 0 Å². The first-order chi connectivity index (χ1) is 9.74. The fourth-order valence-electron chi connectivity index (χ4n) is 2.14. The molecule has 0 saturated heterocycles. The fraction of sp³-hybridized carbons (Fsp3) is 0.125. The average molecular weight is 264 g/mol. The number of rotatable bonds is 0. The van der Waals surface area contributed by atoms with E-state index in [-0.39, 0.29) is 0 Å². The van der Waals surface area contributed by atoms with Crippen molar-refractivity contribution in [3.05, 3.63) is 59.9 Å². The van der Waals surface area contributed by atoms with Gasteiger partial charge in [-0.3, -0.25) is 10.2 Å². The van der Waals surface area contributed by atoms with Crippen molar-refractivity contribution in [3.8, 4) is 0 Å². The second-order valence-electron chi connectivity index (χ2n) is 4.83. The summed E-state index contributed by atoms with van der Waals surface area (Å²) >= 11 is 0. The molecule has 0 unspecified atom stereocenters. The molecule has 2 aromatic heterocycles. The molecule has 0 radical (unpaired) electrons. The van der Waals surface area contributed by atoms with Gasteiger partial charge in [0.25, 0.3) is 0 Å². The number of hydrogen-bond donors (Lipinski definition) is 2. The maximum absolute atomic E-state index is 4.09. The van der Waals surface area contributed by atoms with E-state index in [9.17, 15) is 0 Å². The molecule has 0 fully saturated rings. The zero-order chi connectivity index (χ0) is 13.9. The lowest BCUT2D eigenvalue weighted by Crippen LogP contribution is -1.70. The molecular formula is C16H16N4. The second kappa shape index (κ2) is 5.17. The van der Waals surface area contributed by atoms with Crippen LogP contribution in [-0.2, 0) is 0 Å². The minimum atomic E-state index is 1.04. The topological polar surface area (TPSA) is 57.4 Å². The summed E-state index contributed by atoms with van der Waals surface area (Å²) < 4.78 is 0. The Morgan fingerprint density at radius 2 is 1.80 bits per heavy atom. The Hall–Kier alpha value is -2.62. The first-order valence-corrected chi connectivity index (χ1v) is 6.53. The van der Waals surface area contributed by atoms with E-state index in [0.29, 0.717) is 0 Å². The van der Waals surface area contributed by atoms with E-state index in [1.807, 2.05) is 31.3 Å². The summed E-state index contributed by atoms with van der Waals surface area (Å²) in [5, 5.41) is 16.2. The van der Waals surface area contributed by atoms with E-state index in [2.05, 4.69) is 51.6 Å². The third-order valence-corrected chi connectivity index (χ3v) is 3.25. The predicted molar refractivity (Wildman–Crippen MR) is 81.7 cm³/mol. The summed E-state index contributed by atoms with van der Waals surface area (Å²) in [6.07, 6.45) is 1.83. The van der Waals surface area contributed by atoms with Crippen LogP contribution in [-0.4, -0.2) is 20.4 Å². The van der Waals surface area contributed by atoms with Crippen LogP contribution >= 0.6 is 0 Å². The number of benzene rings is 2. The van der Waals surface area contributed by atoms with Crippen molar-refractivity contribution in [2.45, 2.75) is 13.8 Å². The molecule has 0 atom stereocenters. The number of aromatic amines is 2. The third kappa shape index (κ3) is 2.40. The number of fused-ring (bicyclic) bond motifs is 2. The van der Waals surface area contributed by atoms with Crippen molar-refractivity contribution in [3.63, 3.8) is 0 Å². The Kier molecular flexibility index (Phi) is 3.21.